The minimum absolute atomic E-state index is 0. The second kappa shape index (κ2) is 46.1. The van der Waals surface area contributed by atoms with Crippen LogP contribution in [-0.4, -0.2) is 90.2 Å². The largest absolute Gasteiger partial charge is 4.00 e. The van der Waals surface area contributed by atoms with Gasteiger partial charge in [-0.2, -0.15) is 0 Å². The van der Waals surface area contributed by atoms with E-state index in [2.05, 4.69) is 0 Å². The Labute approximate surface area is 337 Å². The molecule has 0 saturated heterocycles. The maximum absolute atomic E-state index is 9.98. The van der Waals surface area contributed by atoms with E-state index in [1.165, 1.54) is 96.9 Å². The van der Waals surface area contributed by atoms with Crippen molar-refractivity contribution >= 4 is 90.2 Å². The summed E-state index contributed by atoms with van der Waals surface area (Å²) in [6.45, 7) is 18.9. The number of ketones is 7. The third-order valence-electron chi connectivity index (χ3n) is 2.85. The predicted octanol–water partition coefficient (Wildman–Crippen LogP) is -1.89. The summed E-state index contributed by atoms with van der Waals surface area (Å²) >= 11 is 0. The molecule has 0 aromatic heterocycles. The zero-order chi connectivity index (χ0) is 41.0. The smallest absolute Gasteiger partial charge is 0.876 e. The predicted molar refractivity (Wildman–Crippen MR) is 183 cm³/mol. The van der Waals surface area contributed by atoms with Gasteiger partial charge in [-0.1, -0.05) is 48.5 Å². The molecular weight excluding hydrogens is 878 g/mol. The molecular formula is C35H49InO14Sn. The molecule has 16 heteroatoms. The molecule has 0 rings (SSSR count). The Morgan fingerprint density at radius 3 is 0.314 bits per heavy atom. The minimum atomic E-state index is -0.187. The monoisotopic (exact) mass is 928 g/mol. The van der Waals surface area contributed by atoms with Crippen LogP contribution in [0.25, 0.3) is 0 Å². The van der Waals surface area contributed by atoms with E-state index in [1.807, 2.05) is 0 Å². The van der Waals surface area contributed by atoms with Crippen molar-refractivity contribution in [2.24, 2.45) is 0 Å². The van der Waals surface area contributed by atoms with E-state index in [-0.39, 0.29) is 131 Å². The van der Waals surface area contributed by atoms with Crippen molar-refractivity contribution in [2.45, 2.75) is 96.9 Å². The van der Waals surface area contributed by atoms with Gasteiger partial charge in [-0.15, -0.1) is 40.3 Å². The maximum Gasteiger partial charge on any atom is 4.00 e. The Kier molecular flexibility index (Phi) is 62.4. The molecule has 51 heavy (non-hydrogen) atoms. The molecule has 0 aromatic rings. The van der Waals surface area contributed by atoms with Gasteiger partial charge in [0.25, 0.3) is 0 Å². The van der Waals surface area contributed by atoms with Crippen LogP contribution in [0.1, 0.15) is 96.9 Å². The molecule has 280 valence electrons. The number of allylic oxidation sites excluding steroid dienone is 14. The number of hydrogen-bond acceptors (Lipinski definition) is 14. The Bertz CT molecular complexity index is 980. The summed E-state index contributed by atoms with van der Waals surface area (Å²) in [5.74, 6) is -2.62. The average Bonchev–Trinajstić information content (AvgIpc) is 2.74. The van der Waals surface area contributed by atoms with Crippen LogP contribution in [0, 0.1) is 0 Å². The number of carbonyl (C=O) groups excluding carboxylic acids is 7. The number of rotatable bonds is 7. The molecule has 0 unspecified atom stereocenters. The van der Waals surface area contributed by atoms with Gasteiger partial charge in [0, 0.05) is 0 Å². The molecule has 0 atom stereocenters. The molecule has 0 aliphatic rings. The number of hydrogen-bond donors (Lipinski definition) is 0. The molecule has 0 heterocycles. The van der Waals surface area contributed by atoms with E-state index in [9.17, 15) is 69.3 Å². The van der Waals surface area contributed by atoms with Crippen LogP contribution in [-0.2, 0) is 33.6 Å². The standard InChI is InChI=1S/7C5H8O2.In.Sn/c7*1-4(6)3-5(2)7;;/h7*3,6H,1-2H3;;/q;;;;;;;+3;+4/p-7/b7*4-3-;;. The quantitative estimate of drug-likeness (QED) is 0.154. The number of carbonyl (C=O) groups is 7. The van der Waals surface area contributed by atoms with Gasteiger partial charge in [0.15, 0.2) is 40.5 Å². The zero-order valence-corrected chi connectivity index (χ0v) is 38.0. The van der Waals surface area contributed by atoms with Crippen LogP contribution in [0.2, 0.25) is 0 Å². The van der Waals surface area contributed by atoms with Crippen LogP contribution in [0.3, 0.4) is 0 Å². The van der Waals surface area contributed by atoms with Gasteiger partial charge in [0.1, 0.15) is 0 Å². The summed E-state index contributed by atoms with van der Waals surface area (Å²) in [6, 6.07) is 0. The van der Waals surface area contributed by atoms with Crippen LogP contribution in [0.5, 0.6) is 0 Å². The van der Waals surface area contributed by atoms with Gasteiger partial charge in [0.05, 0.1) is 0 Å². The van der Waals surface area contributed by atoms with E-state index in [0.29, 0.717) is 0 Å². The summed E-state index contributed by atoms with van der Waals surface area (Å²) in [7, 11) is 0. The second-order valence-corrected chi connectivity index (χ2v) is 9.56. The zero-order valence-electron chi connectivity index (χ0n) is 31.8. The molecule has 0 aliphatic heterocycles. The fourth-order valence-corrected chi connectivity index (χ4v) is 2.00. The van der Waals surface area contributed by atoms with Crippen molar-refractivity contribution in [3.8, 4) is 0 Å². The molecule has 0 spiro atoms. The Hall–Kier alpha value is -3.86. The van der Waals surface area contributed by atoms with E-state index in [4.69, 9.17) is 0 Å². The first-order valence-corrected chi connectivity index (χ1v) is 13.9. The Morgan fingerprint density at radius 1 is 0.255 bits per heavy atom. The Morgan fingerprint density at radius 2 is 0.314 bits per heavy atom. The van der Waals surface area contributed by atoms with E-state index < -0.39 is 0 Å². The molecule has 14 nitrogen and oxygen atoms in total. The summed E-state index contributed by atoms with van der Waals surface area (Å²) in [5, 5.41) is 69.8. The molecule has 0 radical (unpaired) electrons. The first-order valence-electron chi connectivity index (χ1n) is 13.9. The molecule has 0 N–H and O–H groups in total. The van der Waals surface area contributed by atoms with Crippen molar-refractivity contribution in [1.29, 1.82) is 0 Å². The van der Waals surface area contributed by atoms with Crippen LogP contribution in [0.4, 0.5) is 0 Å². The maximum atomic E-state index is 9.98. The summed E-state index contributed by atoms with van der Waals surface area (Å²) in [4.78, 5) is 69.8. The summed E-state index contributed by atoms with van der Waals surface area (Å²) in [6.07, 6.45) is 7.39. The van der Waals surface area contributed by atoms with Gasteiger partial charge in [-0.3, -0.25) is 33.6 Å². The van der Waals surface area contributed by atoms with Gasteiger partial charge in [-0.05, 0) is 91.0 Å². The van der Waals surface area contributed by atoms with Crippen molar-refractivity contribution in [3.05, 3.63) is 82.8 Å². The third kappa shape index (κ3) is 154. The fourth-order valence-electron chi connectivity index (χ4n) is 2.00. The second-order valence-electron chi connectivity index (χ2n) is 9.56. The van der Waals surface area contributed by atoms with Gasteiger partial charge in [0.2, 0.25) is 0 Å². The van der Waals surface area contributed by atoms with Gasteiger partial charge >= 0.3 is 49.8 Å². The van der Waals surface area contributed by atoms with Crippen molar-refractivity contribution < 1.29 is 69.3 Å². The molecule has 0 saturated carbocycles. The molecule has 0 amide bonds. The third-order valence-corrected chi connectivity index (χ3v) is 2.85. The van der Waals surface area contributed by atoms with Crippen LogP contribution in [0.15, 0.2) is 82.8 Å². The Balaban J connectivity index is -0.0000000573. The molecule has 0 bridgehead atoms. The van der Waals surface area contributed by atoms with E-state index in [1.54, 1.807) is 0 Å². The van der Waals surface area contributed by atoms with Crippen molar-refractivity contribution in [2.75, 3.05) is 0 Å². The van der Waals surface area contributed by atoms with Crippen molar-refractivity contribution in [3.63, 3.8) is 0 Å². The summed E-state index contributed by atoms with van der Waals surface area (Å²) in [5.41, 5.74) is 0. The average molecular weight is 927 g/mol. The minimum Gasteiger partial charge on any atom is -0.876 e. The SMILES string of the molecule is CC(=O)/C=C(/C)[O-].CC(=O)/C=C(/C)[O-].CC(=O)/C=C(/C)[O-].CC(=O)/C=C(/C)[O-].CC(=O)/C=C(/C)[O-].CC(=O)/C=C(/C)[O-].CC(=O)/C=C(/C)[O-].[In+3].[Sn+4]. The van der Waals surface area contributed by atoms with Crippen LogP contribution >= 0.6 is 0 Å². The topological polar surface area (TPSA) is 281 Å². The first-order chi connectivity index (χ1) is 21.9. The first kappa shape index (κ1) is 69.0. The van der Waals surface area contributed by atoms with Crippen molar-refractivity contribution in [1.82, 2.24) is 0 Å². The molecule has 0 aromatic carbocycles. The van der Waals surface area contributed by atoms with E-state index >= 15 is 0 Å². The van der Waals surface area contributed by atoms with E-state index in [0.717, 1.165) is 42.5 Å². The summed E-state index contributed by atoms with van der Waals surface area (Å²) < 4.78 is 0. The molecule has 0 aliphatic carbocycles. The van der Waals surface area contributed by atoms with Gasteiger partial charge < -0.3 is 35.7 Å². The normalized spacial score (nSPS) is 11.0. The van der Waals surface area contributed by atoms with Crippen LogP contribution < -0.4 is 35.7 Å². The van der Waals surface area contributed by atoms with Gasteiger partial charge in [-0.25, -0.2) is 0 Å². The fraction of sp³-hybridized carbons (Fsp3) is 0.400. The molecule has 0 fully saturated rings.